The number of halogens is 2. The van der Waals surface area contributed by atoms with Crippen molar-refractivity contribution >= 4 is 11.9 Å². The second-order valence-corrected chi connectivity index (χ2v) is 8.68. The number of hydrogen-bond acceptors (Lipinski definition) is 5. The molecule has 0 radical (unpaired) electrons. The van der Waals surface area contributed by atoms with Gasteiger partial charge >= 0.3 is 0 Å². The van der Waals surface area contributed by atoms with Crippen LogP contribution in [0, 0.1) is 18.6 Å². The van der Waals surface area contributed by atoms with Gasteiger partial charge in [0.15, 0.2) is 11.6 Å². The lowest BCUT2D eigenvalue weighted by molar-refractivity contribution is 0.0625. The number of aromatic nitrogens is 2. The fourth-order valence-corrected chi connectivity index (χ4v) is 4.83. The predicted molar refractivity (Wildman–Crippen MR) is 132 cm³/mol. The number of nitrogens with zero attached hydrogens (tertiary/aromatic N) is 3. The van der Waals surface area contributed by atoms with Gasteiger partial charge in [-0.3, -0.25) is 4.79 Å². The molecule has 36 heavy (non-hydrogen) atoms. The van der Waals surface area contributed by atoms with E-state index in [1.54, 1.807) is 30.0 Å². The van der Waals surface area contributed by atoms with Crippen molar-refractivity contribution in [3.8, 4) is 16.9 Å². The van der Waals surface area contributed by atoms with Crippen LogP contribution in [0.25, 0.3) is 11.1 Å². The highest BCUT2D eigenvalue weighted by molar-refractivity contribution is 5.98. The summed E-state index contributed by atoms with van der Waals surface area (Å²) in [5, 5.41) is 0. The van der Waals surface area contributed by atoms with Crippen LogP contribution in [0.1, 0.15) is 38.9 Å². The molecule has 1 atom stereocenters. The largest absolute Gasteiger partial charge is 0.494 e. The molecule has 6 nitrogen and oxygen atoms in total. The number of hydrogen-bond donors (Lipinski definition) is 1. The molecule has 1 aliphatic heterocycles. The van der Waals surface area contributed by atoms with Crippen molar-refractivity contribution in [1.82, 2.24) is 14.9 Å². The van der Waals surface area contributed by atoms with E-state index < -0.39 is 17.7 Å². The van der Waals surface area contributed by atoms with Crippen molar-refractivity contribution in [3.63, 3.8) is 0 Å². The van der Waals surface area contributed by atoms with Crippen LogP contribution < -0.4 is 10.5 Å². The monoisotopic (exact) mass is 486 g/mol. The molecular formula is C28H24F2N4O2. The maximum atomic E-state index is 15.3. The molecule has 0 bridgehead atoms. The standard InChI is InChI=1S/C28H24F2N4O2/c1-16-25-22(33-28(31)32-16)14-23(34(27(25)35)15-17-7-4-3-5-8-17)19-12-11-18(29)13-21(19)20-9-6-10-24(36-2)26(20)30/h3-13,23H,14-15H2,1-2H3,(H2,31,32,33)/t23-/m1/s1. The number of carbonyl (C=O) groups is 1. The molecule has 2 N–H and O–H groups in total. The number of amides is 1. The highest BCUT2D eigenvalue weighted by Gasteiger charge is 2.37. The lowest BCUT2D eigenvalue weighted by Gasteiger charge is -2.38. The molecule has 1 aliphatic rings. The normalized spacial score (nSPS) is 15.1. The van der Waals surface area contributed by atoms with Crippen molar-refractivity contribution in [2.24, 2.45) is 0 Å². The van der Waals surface area contributed by atoms with E-state index in [4.69, 9.17) is 10.5 Å². The van der Waals surface area contributed by atoms with Crippen LogP contribution in [-0.4, -0.2) is 27.9 Å². The van der Waals surface area contributed by atoms with Gasteiger partial charge in [0.2, 0.25) is 5.95 Å². The SMILES string of the molecule is COc1cccc(-c2cc(F)ccc2[C@H]2Cc3nc(N)nc(C)c3C(=O)N2Cc2ccccc2)c1F. The van der Waals surface area contributed by atoms with Gasteiger partial charge in [-0.25, -0.2) is 18.7 Å². The summed E-state index contributed by atoms with van der Waals surface area (Å²) in [5.41, 5.74) is 9.35. The van der Waals surface area contributed by atoms with E-state index >= 15 is 4.39 Å². The number of anilines is 1. The summed E-state index contributed by atoms with van der Waals surface area (Å²) in [7, 11) is 1.37. The molecule has 8 heteroatoms. The fraction of sp³-hybridized carbons (Fsp3) is 0.179. The minimum Gasteiger partial charge on any atom is -0.494 e. The van der Waals surface area contributed by atoms with Crippen molar-refractivity contribution < 1.29 is 18.3 Å². The molecule has 0 fully saturated rings. The van der Waals surface area contributed by atoms with E-state index in [0.717, 1.165) is 5.56 Å². The number of aryl methyl sites for hydroxylation is 1. The molecule has 3 aromatic carbocycles. The Morgan fingerprint density at radius 3 is 2.56 bits per heavy atom. The van der Waals surface area contributed by atoms with E-state index in [0.29, 0.717) is 41.0 Å². The van der Waals surface area contributed by atoms with Gasteiger partial charge < -0.3 is 15.4 Å². The van der Waals surface area contributed by atoms with E-state index in [-0.39, 0.29) is 23.2 Å². The van der Waals surface area contributed by atoms with E-state index in [2.05, 4.69) is 9.97 Å². The zero-order valence-corrected chi connectivity index (χ0v) is 19.8. The number of nitrogens with two attached hydrogens (primary N) is 1. The second-order valence-electron chi connectivity index (χ2n) is 8.68. The van der Waals surface area contributed by atoms with Gasteiger partial charge in [-0.1, -0.05) is 48.5 Å². The Morgan fingerprint density at radius 1 is 1.03 bits per heavy atom. The molecular weight excluding hydrogens is 462 g/mol. The minimum atomic E-state index is -0.605. The second kappa shape index (κ2) is 9.37. The highest BCUT2D eigenvalue weighted by Crippen LogP contribution is 2.41. The minimum absolute atomic E-state index is 0.0464. The number of benzene rings is 3. The Morgan fingerprint density at radius 2 is 1.81 bits per heavy atom. The summed E-state index contributed by atoms with van der Waals surface area (Å²) in [4.78, 5) is 24.1. The number of methoxy groups -OCH3 is 1. The molecule has 5 rings (SSSR count). The van der Waals surface area contributed by atoms with Crippen LogP contribution in [0.4, 0.5) is 14.7 Å². The first kappa shape index (κ1) is 23.4. The Bertz CT molecular complexity index is 1460. The Kier molecular flexibility index (Phi) is 6.10. The molecule has 182 valence electrons. The quantitative estimate of drug-likeness (QED) is 0.416. The summed E-state index contributed by atoms with van der Waals surface area (Å²) in [6, 6.07) is 17.9. The van der Waals surface area contributed by atoms with Gasteiger partial charge in [0, 0.05) is 18.5 Å². The summed E-state index contributed by atoms with van der Waals surface area (Å²) in [6.45, 7) is 2.02. The number of fused-ring (bicyclic) bond motifs is 1. The summed E-state index contributed by atoms with van der Waals surface area (Å²) in [6.07, 6.45) is 0.311. The fourth-order valence-electron chi connectivity index (χ4n) is 4.83. The van der Waals surface area contributed by atoms with Crippen LogP contribution in [0.3, 0.4) is 0 Å². The van der Waals surface area contributed by atoms with Crippen molar-refractivity contribution in [3.05, 3.63) is 106 Å². The maximum absolute atomic E-state index is 15.3. The zero-order chi connectivity index (χ0) is 25.4. The van der Waals surface area contributed by atoms with Gasteiger partial charge in [0.05, 0.1) is 30.1 Å². The van der Waals surface area contributed by atoms with Crippen LogP contribution >= 0.6 is 0 Å². The number of rotatable bonds is 5. The molecule has 4 aromatic rings. The van der Waals surface area contributed by atoms with Gasteiger partial charge in [-0.15, -0.1) is 0 Å². The van der Waals surface area contributed by atoms with Crippen LogP contribution in [0.15, 0.2) is 66.7 Å². The summed E-state index contributed by atoms with van der Waals surface area (Å²) < 4.78 is 35.0. The number of carbonyl (C=O) groups excluding carboxylic acids is 1. The molecule has 0 unspecified atom stereocenters. The topological polar surface area (TPSA) is 81.3 Å². The van der Waals surface area contributed by atoms with Crippen molar-refractivity contribution in [1.29, 1.82) is 0 Å². The molecule has 1 amide bonds. The first-order valence-electron chi connectivity index (χ1n) is 11.5. The first-order valence-corrected chi connectivity index (χ1v) is 11.5. The van der Waals surface area contributed by atoms with E-state index in [1.807, 2.05) is 30.3 Å². The molecule has 0 spiro atoms. The van der Waals surface area contributed by atoms with Crippen LogP contribution in [0.5, 0.6) is 5.75 Å². The van der Waals surface area contributed by atoms with Crippen molar-refractivity contribution in [2.45, 2.75) is 25.9 Å². The lowest BCUT2D eigenvalue weighted by atomic mass is 9.87. The van der Waals surface area contributed by atoms with E-state index in [1.165, 1.54) is 25.3 Å². The molecule has 0 saturated carbocycles. The average molecular weight is 487 g/mol. The first-order chi connectivity index (χ1) is 17.4. The van der Waals surface area contributed by atoms with Crippen LogP contribution in [-0.2, 0) is 13.0 Å². The Labute approximate surface area is 207 Å². The predicted octanol–water partition coefficient (Wildman–Crippen LogP) is 5.26. The van der Waals surface area contributed by atoms with Gasteiger partial charge in [0.25, 0.3) is 5.91 Å². The smallest absolute Gasteiger partial charge is 0.258 e. The molecule has 0 aliphatic carbocycles. The van der Waals surface area contributed by atoms with Gasteiger partial charge in [-0.05, 0) is 41.8 Å². The summed E-state index contributed by atoms with van der Waals surface area (Å²) >= 11 is 0. The Hall–Kier alpha value is -4.33. The maximum Gasteiger partial charge on any atom is 0.258 e. The Balaban J connectivity index is 1.71. The average Bonchev–Trinajstić information content (AvgIpc) is 2.86. The molecule has 2 heterocycles. The third-order valence-electron chi connectivity index (χ3n) is 6.46. The lowest BCUT2D eigenvalue weighted by Crippen LogP contribution is -2.41. The molecule has 0 saturated heterocycles. The molecule has 1 aromatic heterocycles. The third-order valence-corrected chi connectivity index (χ3v) is 6.46. The zero-order valence-electron chi connectivity index (χ0n) is 19.8. The summed E-state index contributed by atoms with van der Waals surface area (Å²) in [5.74, 6) is -1.26. The number of nitrogen functional groups attached to an aromatic ring is 1. The van der Waals surface area contributed by atoms with E-state index in [9.17, 15) is 9.18 Å². The number of ether oxygens (including phenoxy) is 1. The van der Waals surface area contributed by atoms with Gasteiger partial charge in [-0.2, -0.15) is 0 Å². The van der Waals surface area contributed by atoms with Crippen molar-refractivity contribution in [2.75, 3.05) is 12.8 Å². The van der Waals surface area contributed by atoms with Crippen LogP contribution in [0.2, 0.25) is 0 Å². The highest BCUT2D eigenvalue weighted by atomic mass is 19.1. The van der Waals surface area contributed by atoms with Gasteiger partial charge in [0.1, 0.15) is 5.82 Å². The third kappa shape index (κ3) is 4.15.